The molecule has 1 aliphatic rings. The largest absolute Gasteiger partial charge is 0.330 e. The van der Waals surface area contributed by atoms with Crippen LogP contribution in [0.4, 0.5) is 0 Å². The first kappa shape index (κ1) is 13.6. The second-order valence-corrected chi connectivity index (χ2v) is 5.61. The Balaban J connectivity index is 1.88. The van der Waals surface area contributed by atoms with Crippen LogP contribution in [-0.2, 0) is 13.1 Å². The summed E-state index contributed by atoms with van der Waals surface area (Å²) in [5, 5.41) is 4.39. The normalized spacial score (nSPS) is 25.5. The fraction of sp³-hybridized carbons (Fsp3) is 0.786. The van der Waals surface area contributed by atoms with Gasteiger partial charge in [0.05, 0.1) is 6.20 Å². The zero-order valence-corrected chi connectivity index (χ0v) is 11.7. The van der Waals surface area contributed by atoms with E-state index in [1.807, 2.05) is 10.9 Å². The van der Waals surface area contributed by atoms with Crippen LogP contribution in [-0.4, -0.2) is 34.3 Å². The Morgan fingerprint density at radius 1 is 1.50 bits per heavy atom. The van der Waals surface area contributed by atoms with Gasteiger partial charge in [0, 0.05) is 31.4 Å². The zero-order valence-electron chi connectivity index (χ0n) is 11.7. The molecule has 0 spiro atoms. The SMILES string of the molecule is CCCn1cc(CN2CCC(C)C(CN)C2)cn1. The Hall–Kier alpha value is -0.870. The fourth-order valence-electron chi connectivity index (χ4n) is 2.77. The number of nitrogens with zero attached hydrogens (tertiary/aromatic N) is 3. The Morgan fingerprint density at radius 2 is 2.33 bits per heavy atom. The van der Waals surface area contributed by atoms with Crippen LogP contribution in [0.1, 0.15) is 32.3 Å². The smallest absolute Gasteiger partial charge is 0.0534 e. The molecule has 1 aromatic heterocycles. The number of aromatic nitrogens is 2. The van der Waals surface area contributed by atoms with Crippen molar-refractivity contribution in [1.82, 2.24) is 14.7 Å². The number of hydrogen-bond donors (Lipinski definition) is 1. The Morgan fingerprint density at radius 3 is 3.06 bits per heavy atom. The van der Waals surface area contributed by atoms with Crippen molar-refractivity contribution in [3.8, 4) is 0 Å². The monoisotopic (exact) mass is 250 g/mol. The van der Waals surface area contributed by atoms with Crippen molar-refractivity contribution in [2.45, 2.75) is 39.8 Å². The number of rotatable bonds is 5. The first-order valence-corrected chi connectivity index (χ1v) is 7.16. The van der Waals surface area contributed by atoms with Crippen LogP contribution in [0.2, 0.25) is 0 Å². The van der Waals surface area contributed by atoms with Gasteiger partial charge in [0.15, 0.2) is 0 Å². The van der Waals surface area contributed by atoms with Gasteiger partial charge < -0.3 is 5.73 Å². The van der Waals surface area contributed by atoms with Crippen molar-refractivity contribution in [1.29, 1.82) is 0 Å². The Labute approximate surface area is 110 Å². The lowest BCUT2D eigenvalue weighted by molar-refractivity contribution is 0.126. The first-order chi connectivity index (χ1) is 8.72. The van der Waals surface area contributed by atoms with E-state index in [-0.39, 0.29) is 0 Å². The maximum Gasteiger partial charge on any atom is 0.0534 e. The van der Waals surface area contributed by atoms with Crippen LogP contribution in [0.25, 0.3) is 0 Å². The molecule has 4 nitrogen and oxygen atoms in total. The van der Waals surface area contributed by atoms with Gasteiger partial charge in [-0.2, -0.15) is 5.10 Å². The average molecular weight is 250 g/mol. The number of aryl methyl sites for hydroxylation is 1. The summed E-state index contributed by atoms with van der Waals surface area (Å²) in [5.74, 6) is 1.43. The molecule has 102 valence electrons. The highest BCUT2D eigenvalue weighted by molar-refractivity contribution is 5.04. The van der Waals surface area contributed by atoms with Gasteiger partial charge in [-0.05, 0) is 37.8 Å². The molecule has 1 aliphatic heterocycles. The van der Waals surface area contributed by atoms with E-state index in [0.717, 1.165) is 38.5 Å². The third-order valence-corrected chi connectivity index (χ3v) is 4.05. The van der Waals surface area contributed by atoms with E-state index in [2.05, 4.69) is 30.0 Å². The van der Waals surface area contributed by atoms with Gasteiger partial charge in [-0.3, -0.25) is 9.58 Å². The van der Waals surface area contributed by atoms with Crippen LogP contribution in [0.15, 0.2) is 12.4 Å². The molecule has 0 aliphatic carbocycles. The van der Waals surface area contributed by atoms with Gasteiger partial charge in [0.2, 0.25) is 0 Å². The summed E-state index contributed by atoms with van der Waals surface area (Å²) in [6.07, 6.45) is 6.59. The summed E-state index contributed by atoms with van der Waals surface area (Å²) in [7, 11) is 0. The number of nitrogens with two attached hydrogens (primary N) is 1. The van der Waals surface area contributed by atoms with E-state index in [1.165, 1.54) is 18.5 Å². The molecule has 2 N–H and O–H groups in total. The molecule has 1 aromatic rings. The fourth-order valence-corrected chi connectivity index (χ4v) is 2.77. The van der Waals surface area contributed by atoms with Crippen molar-refractivity contribution in [2.75, 3.05) is 19.6 Å². The predicted molar refractivity (Wildman–Crippen MR) is 74.1 cm³/mol. The molecule has 2 heterocycles. The maximum atomic E-state index is 5.85. The van der Waals surface area contributed by atoms with E-state index in [9.17, 15) is 0 Å². The highest BCUT2D eigenvalue weighted by atomic mass is 15.3. The summed E-state index contributed by atoms with van der Waals surface area (Å²) < 4.78 is 2.04. The topological polar surface area (TPSA) is 47.1 Å². The second kappa shape index (κ2) is 6.34. The summed E-state index contributed by atoms with van der Waals surface area (Å²) >= 11 is 0. The Bertz CT molecular complexity index is 360. The van der Waals surface area contributed by atoms with Crippen LogP contribution < -0.4 is 5.73 Å². The minimum absolute atomic E-state index is 0.657. The summed E-state index contributed by atoms with van der Waals surface area (Å²) in [4.78, 5) is 2.52. The highest BCUT2D eigenvalue weighted by Gasteiger charge is 2.25. The van der Waals surface area contributed by atoms with Gasteiger partial charge in [-0.25, -0.2) is 0 Å². The quantitative estimate of drug-likeness (QED) is 0.865. The molecule has 0 saturated carbocycles. The summed E-state index contributed by atoms with van der Waals surface area (Å²) in [6, 6.07) is 0. The van der Waals surface area contributed by atoms with E-state index in [4.69, 9.17) is 5.73 Å². The van der Waals surface area contributed by atoms with E-state index in [0.29, 0.717) is 5.92 Å². The molecule has 2 rings (SSSR count). The van der Waals surface area contributed by atoms with Crippen molar-refractivity contribution >= 4 is 0 Å². The molecule has 2 unspecified atom stereocenters. The van der Waals surface area contributed by atoms with Crippen LogP contribution in [0.5, 0.6) is 0 Å². The lowest BCUT2D eigenvalue weighted by Crippen LogP contribution is -2.42. The molecule has 18 heavy (non-hydrogen) atoms. The van der Waals surface area contributed by atoms with Gasteiger partial charge in [0.25, 0.3) is 0 Å². The third kappa shape index (κ3) is 3.33. The molecule has 2 atom stereocenters. The second-order valence-electron chi connectivity index (χ2n) is 5.61. The minimum atomic E-state index is 0.657. The minimum Gasteiger partial charge on any atom is -0.330 e. The van der Waals surface area contributed by atoms with Crippen molar-refractivity contribution in [2.24, 2.45) is 17.6 Å². The van der Waals surface area contributed by atoms with Gasteiger partial charge in [-0.15, -0.1) is 0 Å². The predicted octanol–water partition coefficient (Wildman–Crippen LogP) is 1.71. The molecule has 4 heteroatoms. The van der Waals surface area contributed by atoms with E-state index < -0.39 is 0 Å². The van der Waals surface area contributed by atoms with E-state index in [1.54, 1.807) is 0 Å². The summed E-state index contributed by atoms with van der Waals surface area (Å²) in [5.41, 5.74) is 7.18. The van der Waals surface area contributed by atoms with Crippen LogP contribution in [0.3, 0.4) is 0 Å². The van der Waals surface area contributed by atoms with Crippen molar-refractivity contribution in [3.63, 3.8) is 0 Å². The number of likely N-dealkylation sites (tertiary alicyclic amines) is 1. The van der Waals surface area contributed by atoms with Gasteiger partial charge in [0.1, 0.15) is 0 Å². The molecular formula is C14H26N4. The molecule has 1 saturated heterocycles. The van der Waals surface area contributed by atoms with E-state index >= 15 is 0 Å². The van der Waals surface area contributed by atoms with Gasteiger partial charge >= 0.3 is 0 Å². The zero-order chi connectivity index (χ0) is 13.0. The molecule has 0 aromatic carbocycles. The van der Waals surface area contributed by atoms with Crippen molar-refractivity contribution in [3.05, 3.63) is 18.0 Å². The van der Waals surface area contributed by atoms with Crippen LogP contribution in [0, 0.1) is 11.8 Å². The third-order valence-electron chi connectivity index (χ3n) is 4.05. The lowest BCUT2D eigenvalue weighted by Gasteiger charge is -2.36. The van der Waals surface area contributed by atoms with Crippen molar-refractivity contribution < 1.29 is 0 Å². The number of piperidine rings is 1. The molecule has 0 bridgehead atoms. The average Bonchev–Trinajstić information content (AvgIpc) is 2.80. The Kier molecular flexibility index (Phi) is 4.78. The maximum absolute atomic E-state index is 5.85. The summed E-state index contributed by atoms with van der Waals surface area (Å²) in [6.45, 7) is 9.68. The lowest BCUT2D eigenvalue weighted by atomic mass is 9.87. The highest BCUT2D eigenvalue weighted by Crippen LogP contribution is 2.23. The molecule has 0 amide bonds. The van der Waals surface area contributed by atoms with Crippen LogP contribution >= 0.6 is 0 Å². The van der Waals surface area contributed by atoms with Gasteiger partial charge in [-0.1, -0.05) is 13.8 Å². The number of hydrogen-bond acceptors (Lipinski definition) is 3. The standard InChI is InChI=1S/C14H26N4/c1-3-5-18-10-13(8-16-18)9-17-6-4-12(2)14(7-15)11-17/h8,10,12,14H,3-7,9,11,15H2,1-2H3. The molecule has 1 fully saturated rings. The first-order valence-electron chi connectivity index (χ1n) is 7.16. The molecule has 0 radical (unpaired) electrons. The molecular weight excluding hydrogens is 224 g/mol.